The number of aryl methyl sites for hydroxylation is 1. The molecule has 0 saturated heterocycles. The number of para-hydroxylation sites is 1. The normalized spacial score (nSPS) is 11.1. The second-order valence-corrected chi connectivity index (χ2v) is 6.21. The van der Waals surface area contributed by atoms with Crippen LogP contribution in [-0.2, 0) is 13.1 Å². The van der Waals surface area contributed by atoms with Gasteiger partial charge in [0.25, 0.3) is 0 Å². The van der Waals surface area contributed by atoms with E-state index in [1.807, 2.05) is 18.2 Å². The molecule has 2 aromatic heterocycles. The molecule has 0 aliphatic rings. The van der Waals surface area contributed by atoms with Crippen LogP contribution in [-0.4, -0.2) is 35.7 Å². The maximum Gasteiger partial charge on any atom is 0.213 e. The Balaban J connectivity index is 0.00000280. The monoisotopic (exact) mass is 493 g/mol. The quantitative estimate of drug-likeness (QED) is 0.217. The van der Waals surface area contributed by atoms with Crippen molar-refractivity contribution < 1.29 is 4.74 Å². The first kappa shape index (κ1) is 22.0. The fourth-order valence-electron chi connectivity index (χ4n) is 2.95. The SMILES string of the molecule is CCNC(=NCc1cccc(OC)n1)NCCCn1ccc2ccccc21.I. The van der Waals surface area contributed by atoms with Crippen LogP contribution < -0.4 is 15.4 Å². The Hall–Kier alpha value is -2.29. The van der Waals surface area contributed by atoms with Crippen LogP contribution in [0.2, 0.25) is 0 Å². The molecule has 28 heavy (non-hydrogen) atoms. The van der Waals surface area contributed by atoms with E-state index in [2.05, 4.69) is 68.6 Å². The van der Waals surface area contributed by atoms with Crippen LogP contribution in [0.4, 0.5) is 0 Å². The molecule has 0 unspecified atom stereocenters. The van der Waals surface area contributed by atoms with Crippen LogP contribution >= 0.6 is 24.0 Å². The molecule has 3 rings (SSSR count). The number of guanidine groups is 1. The summed E-state index contributed by atoms with van der Waals surface area (Å²) in [6, 6.07) is 16.3. The Morgan fingerprint density at radius 2 is 1.96 bits per heavy atom. The van der Waals surface area contributed by atoms with Crippen LogP contribution in [0.5, 0.6) is 5.88 Å². The lowest BCUT2D eigenvalue weighted by Gasteiger charge is -2.12. The molecule has 0 bridgehead atoms. The molecule has 0 fully saturated rings. The maximum absolute atomic E-state index is 5.16. The van der Waals surface area contributed by atoms with Crippen molar-refractivity contribution in [2.24, 2.45) is 4.99 Å². The first-order chi connectivity index (χ1) is 13.3. The summed E-state index contributed by atoms with van der Waals surface area (Å²) in [5.74, 6) is 1.42. The molecule has 150 valence electrons. The third kappa shape index (κ3) is 6.12. The number of ether oxygens (including phenoxy) is 1. The van der Waals surface area contributed by atoms with Gasteiger partial charge in [-0.25, -0.2) is 9.98 Å². The lowest BCUT2D eigenvalue weighted by Crippen LogP contribution is -2.38. The van der Waals surface area contributed by atoms with Gasteiger partial charge in [-0.3, -0.25) is 0 Å². The molecule has 0 radical (unpaired) electrons. The average molecular weight is 493 g/mol. The first-order valence-electron chi connectivity index (χ1n) is 9.36. The highest BCUT2D eigenvalue weighted by atomic mass is 127. The standard InChI is InChI=1S/C21H27N5O.HI/c1-3-22-21(24-16-18-9-6-11-20(25-18)27-2)23-13-7-14-26-15-12-17-8-4-5-10-19(17)26;/h4-6,8-12,15H,3,7,13-14,16H2,1-2H3,(H2,22,23,24);1H. The molecule has 2 heterocycles. The molecule has 7 heteroatoms. The zero-order valence-corrected chi connectivity index (χ0v) is 18.7. The van der Waals surface area contributed by atoms with E-state index >= 15 is 0 Å². The average Bonchev–Trinajstić information content (AvgIpc) is 3.12. The van der Waals surface area contributed by atoms with E-state index in [9.17, 15) is 0 Å². The van der Waals surface area contributed by atoms with E-state index in [1.54, 1.807) is 7.11 Å². The second kappa shape index (κ2) is 11.5. The van der Waals surface area contributed by atoms with E-state index in [1.165, 1.54) is 10.9 Å². The summed E-state index contributed by atoms with van der Waals surface area (Å²) in [7, 11) is 1.62. The predicted octanol–water partition coefficient (Wildman–Crippen LogP) is 3.81. The van der Waals surface area contributed by atoms with Gasteiger partial charge in [0.2, 0.25) is 5.88 Å². The van der Waals surface area contributed by atoms with E-state index in [0.29, 0.717) is 12.4 Å². The largest absolute Gasteiger partial charge is 0.481 e. The summed E-state index contributed by atoms with van der Waals surface area (Å²) in [6.45, 7) is 5.21. The molecule has 0 atom stereocenters. The molecular weight excluding hydrogens is 465 g/mol. The Labute approximate surface area is 183 Å². The fraction of sp³-hybridized carbons (Fsp3) is 0.333. The zero-order chi connectivity index (χ0) is 18.9. The molecule has 0 spiro atoms. The van der Waals surface area contributed by atoms with Gasteiger partial charge in [0.15, 0.2) is 5.96 Å². The second-order valence-electron chi connectivity index (χ2n) is 6.21. The highest BCUT2D eigenvalue weighted by Crippen LogP contribution is 2.15. The summed E-state index contributed by atoms with van der Waals surface area (Å²) in [6.07, 6.45) is 3.17. The van der Waals surface area contributed by atoms with Gasteiger partial charge in [-0.15, -0.1) is 24.0 Å². The predicted molar refractivity (Wildman–Crippen MR) is 126 cm³/mol. The topological polar surface area (TPSA) is 63.5 Å². The fourth-order valence-corrected chi connectivity index (χ4v) is 2.95. The molecule has 0 saturated carbocycles. The summed E-state index contributed by atoms with van der Waals surface area (Å²) in [5.41, 5.74) is 2.16. The Morgan fingerprint density at radius 1 is 1.11 bits per heavy atom. The Morgan fingerprint density at radius 3 is 2.79 bits per heavy atom. The number of nitrogens with one attached hydrogen (secondary N) is 2. The minimum Gasteiger partial charge on any atom is -0.481 e. The van der Waals surface area contributed by atoms with Crippen LogP contribution in [0.15, 0.2) is 59.7 Å². The van der Waals surface area contributed by atoms with Crippen molar-refractivity contribution in [2.45, 2.75) is 26.4 Å². The third-order valence-electron chi connectivity index (χ3n) is 4.28. The number of halogens is 1. The molecule has 3 aromatic rings. The van der Waals surface area contributed by atoms with E-state index in [0.717, 1.165) is 37.7 Å². The minimum atomic E-state index is 0. The number of methoxy groups -OCH3 is 1. The number of aromatic nitrogens is 2. The number of fused-ring (bicyclic) bond motifs is 1. The van der Waals surface area contributed by atoms with Crippen LogP contribution in [0.25, 0.3) is 10.9 Å². The number of benzene rings is 1. The molecule has 6 nitrogen and oxygen atoms in total. The molecule has 0 aliphatic carbocycles. The summed E-state index contributed by atoms with van der Waals surface area (Å²) >= 11 is 0. The van der Waals surface area contributed by atoms with E-state index < -0.39 is 0 Å². The highest BCUT2D eigenvalue weighted by Gasteiger charge is 2.02. The van der Waals surface area contributed by atoms with Crippen molar-refractivity contribution in [3.63, 3.8) is 0 Å². The summed E-state index contributed by atoms with van der Waals surface area (Å²) in [4.78, 5) is 9.01. The molecule has 0 amide bonds. The minimum absolute atomic E-state index is 0. The van der Waals surface area contributed by atoms with Crippen molar-refractivity contribution in [3.05, 3.63) is 60.4 Å². The third-order valence-corrected chi connectivity index (χ3v) is 4.28. The lowest BCUT2D eigenvalue weighted by atomic mass is 10.2. The van der Waals surface area contributed by atoms with Gasteiger partial charge < -0.3 is 19.9 Å². The van der Waals surface area contributed by atoms with Gasteiger partial charge >= 0.3 is 0 Å². The van der Waals surface area contributed by atoms with Gasteiger partial charge in [-0.1, -0.05) is 24.3 Å². The summed E-state index contributed by atoms with van der Waals surface area (Å²) < 4.78 is 7.45. The van der Waals surface area contributed by atoms with Crippen molar-refractivity contribution in [3.8, 4) is 5.88 Å². The maximum atomic E-state index is 5.16. The smallest absolute Gasteiger partial charge is 0.213 e. The van der Waals surface area contributed by atoms with Crippen molar-refractivity contribution in [2.75, 3.05) is 20.2 Å². The molecule has 0 aliphatic heterocycles. The van der Waals surface area contributed by atoms with Crippen LogP contribution in [0, 0.1) is 0 Å². The highest BCUT2D eigenvalue weighted by molar-refractivity contribution is 14.0. The molecular formula is C21H28IN5O. The molecule has 2 N–H and O–H groups in total. The zero-order valence-electron chi connectivity index (χ0n) is 16.4. The first-order valence-corrected chi connectivity index (χ1v) is 9.36. The molecule has 1 aromatic carbocycles. The Kier molecular flexibility index (Phi) is 9.06. The summed E-state index contributed by atoms with van der Waals surface area (Å²) in [5, 5.41) is 7.96. The van der Waals surface area contributed by atoms with Crippen molar-refractivity contribution in [1.82, 2.24) is 20.2 Å². The van der Waals surface area contributed by atoms with Crippen molar-refractivity contribution in [1.29, 1.82) is 0 Å². The van der Waals surface area contributed by atoms with Crippen LogP contribution in [0.1, 0.15) is 19.0 Å². The number of pyridine rings is 1. The van der Waals surface area contributed by atoms with Gasteiger partial charge in [0.05, 0.1) is 19.3 Å². The lowest BCUT2D eigenvalue weighted by molar-refractivity contribution is 0.396. The van der Waals surface area contributed by atoms with E-state index in [-0.39, 0.29) is 24.0 Å². The number of hydrogen-bond donors (Lipinski definition) is 2. The number of aliphatic imine (C=N–C) groups is 1. The van der Waals surface area contributed by atoms with Gasteiger partial charge in [0.1, 0.15) is 0 Å². The number of nitrogens with zero attached hydrogens (tertiary/aromatic N) is 3. The van der Waals surface area contributed by atoms with E-state index in [4.69, 9.17) is 4.74 Å². The van der Waals surface area contributed by atoms with Crippen molar-refractivity contribution >= 4 is 40.8 Å². The number of hydrogen-bond acceptors (Lipinski definition) is 3. The Bertz CT molecular complexity index is 893. The van der Waals surface area contributed by atoms with Gasteiger partial charge in [0, 0.05) is 37.4 Å². The number of rotatable bonds is 8. The van der Waals surface area contributed by atoms with Gasteiger partial charge in [-0.2, -0.15) is 0 Å². The van der Waals surface area contributed by atoms with Crippen LogP contribution in [0.3, 0.4) is 0 Å². The van der Waals surface area contributed by atoms with Gasteiger partial charge in [-0.05, 0) is 36.9 Å².